The third-order valence-corrected chi connectivity index (χ3v) is 7.29. The summed E-state index contributed by atoms with van der Waals surface area (Å²) in [7, 11) is 1.53. The van der Waals surface area contributed by atoms with Gasteiger partial charge in [0, 0.05) is 23.2 Å². The van der Waals surface area contributed by atoms with Gasteiger partial charge in [-0.1, -0.05) is 19.1 Å². The number of aromatic nitrogens is 1. The first-order valence-corrected chi connectivity index (χ1v) is 12.7. The van der Waals surface area contributed by atoms with Crippen molar-refractivity contribution in [3.05, 3.63) is 71.4 Å². The number of nitrogens with zero attached hydrogens (tertiary/aromatic N) is 1. The fourth-order valence-electron chi connectivity index (χ4n) is 5.30. The molecule has 1 saturated carbocycles. The number of benzene rings is 2. The van der Waals surface area contributed by atoms with E-state index in [1.165, 1.54) is 19.4 Å². The summed E-state index contributed by atoms with van der Waals surface area (Å²) in [6, 6.07) is 11.9. The van der Waals surface area contributed by atoms with E-state index in [9.17, 15) is 22.8 Å². The van der Waals surface area contributed by atoms with Crippen LogP contribution in [-0.2, 0) is 6.18 Å². The lowest BCUT2D eigenvalue weighted by Gasteiger charge is -2.34. The Balaban J connectivity index is 1.33. The SMILES string of the molecule is CCC(NC(=O)NNC(=O)c1ccc(OC)cc1)C1CCC(c2ccnc3c(C(F)(F)F)cccc23)CC1. The number of nitrogens with one attached hydrogen (secondary N) is 3. The molecule has 0 bridgehead atoms. The zero-order valence-electron chi connectivity index (χ0n) is 21.3. The fraction of sp³-hybridized carbons (Fsp3) is 0.393. The molecule has 1 atom stereocenters. The van der Waals surface area contributed by atoms with Crippen LogP contribution in [0.5, 0.6) is 5.75 Å². The minimum absolute atomic E-state index is 0.0129. The number of amides is 3. The van der Waals surface area contributed by atoms with E-state index in [-0.39, 0.29) is 23.4 Å². The molecule has 1 heterocycles. The van der Waals surface area contributed by atoms with E-state index in [1.807, 2.05) is 13.0 Å². The van der Waals surface area contributed by atoms with Crippen LogP contribution in [0.3, 0.4) is 0 Å². The van der Waals surface area contributed by atoms with E-state index < -0.39 is 23.7 Å². The zero-order valence-corrected chi connectivity index (χ0v) is 21.3. The van der Waals surface area contributed by atoms with Gasteiger partial charge in [-0.3, -0.25) is 15.2 Å². The Labute approximate surface area is 219 Å². The number of para-hydroxylation sites is 1. The van der Waals surface area contributed by atoms with Gasteiger partial charge in [0.2, 0.25) is 0 Å². The van der Waals surface area contributed by atoms with Crippen LogP contribution in [0.2, 0.25) is 0 Å². The van der Waals surface area contributed by atoms with E-state index in [1.54, 1.807) is 30.3 Å². The Morgan fingerprint density at radius 2 is 1.74 bits per heavy atom. The predicted molar refractivity (Wildman–Crippen MR) is 138 cm³/mol. The molecular formula is C28H31F3N4O3. The van der Waals surface area contributed by atoms with Crippen molar-refractivity contribution in [2.24, 2.45) is 5.92 Å². The van der Waals surface area contributed by atoms with E-state index in [2.05, 4.69) is 21.2 Å². The molecule has 202 valence electrons. The summed E-state index contributed by atoms with van der Waals surface area (Å²) in [4.78, 5) is 28.8. The van der Waals surface area contributed by atoms with Crippen LogP contribution in [0.4, 0.5) is 18.0 Å². The third-order valence-electron chi connectivity index (χ3n) is 7.29. The maximum atomic E-state index is 13.5. The number of rotatable bonds is 6. The highest BCUT2D eigenvalue weighted by molar-refractivity contribution is 5.95. The highest BCUT2D eigenvalue weighted by atomic mass is 19.4. The fourth-order valence-corrected chi connectivity index (χ4v) is 5.30. The second-order valence-corrected chi connectivity index (χ2v) is 9.51. The largest absolute Gasteiger partial charge is 0.497 e. The molecule has 10 heteroatoms. The van der Waals surface area contributed by atoms with Crippen molar-refractivity contribution in [1.82, 2.24) is 21.2 Å². The van der Waals surface area contributed by atoms with Gasteiger partial charge in [0.05, 0.1) is 18.2 Å². The van der Waals surface area contributed by atoms with Gasteiger partial charge in [-0.15, -0.1) is 0 Å². The molecule has 38 heavy (non-hydrogen) atoms. The van der Waals surface area contributed by atoms with Gasteiger partial charge in [-0.2, -0.15) is 13.2 Å². The Hall–Kier alpha value is -3.82. The van der Waals surface area contributed by atoms with E-state index in [4.69, 9.17) is 4.74 Å². The number of alkyl halides is 3. The molecule has 1 aliphatic rings. The van der Waals surface area contributed by atoms with Crippen LogP contribution >= 0.6 is 0 Å². The second-order valence-electron chi connectivity index (χ2n) is 9.51. The molecule has 7 nitrogen and oxygen atoms in total. The van der Waals surface area contributed by atoms with Crippen LogP contribution in [-0.4, -0.2) is 30.1 Å². The minimum atomic E-state index is -4.46. The van der Waals surface area contributed by atoms with Gasteiger partial charge in [0.25, 0.3) is 5.91 Å². The van der Waals surface area contributed by atoms with Crippen molar-refractivity contribution < 1.29 is 27.5 Å². The summed E-state index contributed by atoms with van der Waals surface area (Å²) >= 11 is 0. The first-order chi connectivity index (χ1) is 18.2. The van der Waals surface area contributed by atoms with Gasteiger partial charge in [0.1, 0.15) is 5.75 Å². The normalized spacial score (nSPS) is 18.4. The maximum absolute atomic E-state index is 13.5. The smallest absolute Gasteiger partial charge is 0.418 e. The Morgan fingerprint density at radius 1 is 1.03 bits per heavy atom. The van der Waals surface area contributed by atoms with Gasteiger partial charge in [-0.25, -0.2) is 10.2 Å². The summed E-state index contributed by atoms with van der Waals surface area (Å²) in [5.41, 5.74) is 5.34. The van der Waals surface area contributed by atoms with Crippen LogP contribution < -0.4 is 20.9 Å². The van der Waals surface area contributed by atoms with Crippen LogP contribution in [0, 0.1) is 5.92 Å². The van der Waals surface area contributed by atoms with Crippen LogP contribution in [0.15, 0.2) is 54.7 Å². The number of methoxy groups -OCH3 is 1. The van der Waals surface area contributed by atoms with E-state index in [0.717, 1.165) is 37.3 Å². The lowest BCUT2D eigenvalue weighted by atomic mass is 9.75. The molecule has 0 aliphatic heterocycles. The molecule has 3 amide bonds. The van der Waals surface area contributed by atoms with Gasteiger partial charge >= 0.3 is 12.2 Å². The first-order valence-electron chi connectivity index (χ1n) is 12.7. The summed E-state index contributed by atoms with van der Waals surface area (Å²) in [5.74, 6) is 0.513. The minimum Gasteiger partial charge on any atom is -0.497 e. The number of pyridine rings is 1. The molecule has 1 unspecified atom stereocenters. The standard InChI is InChI=1S/C28H31F3N4O3/c1-3-24(33-27(37)35-34-26(36)19-11-13-20(38-2)14-12-19)18-9-7-17(8-10-18)21-15-16-32-25-22(21)5-4-6-23(25)28(29,30)31/h4-6,11-18,24H,3,7-10H2,1-2H3,(H,34,36)(H2,33,35,37). The van der Waals surface area contributed by atoms with Crippen molar-refractivity contribution >= 4 is 22.8 Å². The topological polar surface area (TPSA) is 92.4 Å². The number of hydrazine groups is 1. The van der Waals surface area contributed by atoms with Gasteiger partial charge in [-0.05, 0) is 85.9 Å². The number of carbonyl (C=O) groups excluding carboxylic acids is 2. The van der Waals surface area contributed by atoms with Crippen molar-refractivity contribution in [3.63, 3.8) is 0 Å². The number of hydrogen-bond donors (Lipinski definition) is 3. The molecule has 1 fully saturated rings. The molecular weight excluding hydrogens is 497 g/mol. The average molecular weight is 529 g/mol. The van der Waals surface area contributed by atoms with Crippen molar-refractivity contribution in [1.29, 1.82) is 0 Å². The molecule has 0 radical (unpaired) electrons. The van der Waals surface area contributed by atoms with Gasteiger partial charge < -0.3 is 10.1 Å². The Kier molecular flexibility index (Phi) is 8.38. The van der Waals surface area contributed by atoms with Crippen LogP contribution in [0.1, 0.15) is 66.4 Å². The summed E-state index contributed by atoms with van der Waals surface area (Å²) in [5, 5.41) is 3.49. The molecule has 0 spiro atoms. The van der Waals surface area contributed by atoms with E-state index >= 15 is 0 Å². The number of hydrogen-bond acceptors (Lipinski definition) is 4. The number of urea groups is 1. The van der Waals surface area contributed by atoms with Gasteiger partial charge in [0.15, 0.2) is 0 Å². The average Bonchev–Trinajstić information content (AvgIpc) is 2.93. The Bertz CT molecular complexity index is 1270. The molecule has 1 aromatic heterocycles. The summed E-state index contributed by atoms with van der Waals surface area (Å²) in [6.07, 6.45) is 0.955. The number of halogens is 3. The third kappa shape index (κ3) is 6.17. The highest BCUT2D eigenvalue weighted by Crippen LogP contribution is 2.41. The molecule has 2 aromatic carbocycles. The molecule has 0 saturated heterocycles. The maximum Gasteiger partial charge on any atom is 0.418 e. The van der Waals surface area contributed by atoms with Crippen molar-refractivity contribution in [3.8, 4) is 5.75 Å². The van der Waals surface area contributed by atoms with E-state index in [0.29, 0.717) is 23.1 Å². The monoisotopic (exact) mass is 528 g/mol. The van der Waals surface area contributed by atoms with Crippen molar-refractivity contribution in [2.75, 3.05) is 7.11 Å². The highest BCUT2D eigenvalue weighted by Gasteiger charge is 2.34. The molecule has 1 aliphatic carbocycles. The van der Waals surface area contributed by atoms with Crippen molar-refractivity contribution in [2.45, 2.75) is 57.2 Å². The Morgan fingerprint density at radius 3 is 2.37 bits per heavy atom. The number of fused-ring (bicyclic) bond motifs is 1. The molecule has 3 aromatic rings. The number of carbonyl (C=O) groups is 2. The molecule has 3 N–H and O–H groups in total. The molecule has 4 rings (SSSR count). The van der Waals surface area contributed by atoms with Crippen LogP contribution in [0.25, 0.3) is 10.9 Å². The summed E-state index contributed by atoms with van der Waals surface area (Å²) < 4.78 is 45.5. The lowest BCUT2D eigenvalue weighted by molar-refractivity contribution is -0.136. The lowest BCUT2D eigenvalue weighted by Crippen LogP contribution is -2.51. The summed E-state index contributed by atoms with van der Waals surface area (Å²) in [6.45, 7) is 1.99. The quantitative estimate of drug-likeness (QED) is 0.344. The zero-order chi connectivity index (χ0) is 27.3. The number of ether oxygens (including phenoxy) is 1. The predicted octanol–water partition coefficient (Wildman–Crippen LogP) is 5.96. The second kappa shape index (κ2) is 11.7. The first kappa shape index (κ1) is 27.2.